The van der Waals surface area contributed by atoms with Gasteiger partial charge < -0.3 is 5.32 Å². The molecule has 0 aliphatic heterocycles. The quantitative estimate of drug-likeness (QED) is 0.804. The standard InChI is InChI=1S/C15H20F3N/c1-2-14(9-3-4-10-14)11-19-13-7-5-12(6-8-13)15(16,17)18/h5-8,19H,2-4,9-11H2,1H3. The average molecular weight is 271 g/mol. The first-order valence-electron chi connectivity index (χ1n) is 6.86. The molecule has 0 spiro atoms. The number of nitrogens with one attached hydrogen (secondary N) is 1. The number of rotatable bonds is 4. The highest BCUT2D eigenvalue weighted by molar-refractivity contribution is 5.45. The maximum Gasteiger partial charge on any atom is 0.416 e. The van der Waals surface area contributed by atoms with Crippen molar-refractivity contribution >= 4 is 5.69 Å². The molecule has 0 amide bonds. The van der Waals surface area contributed by atoms with E-state index in [1.54, 1.807) is 0 Å². The number of alkyl halides is 3. The van der Waals surface area contributed by atoms with Crippen molar-refractivity contribution < 1.29 is 13.2 Å². The van der Waals surface area contributed by atoms with Gasteiger partial charge in [0.05, 0.1) is 5.56 Å². The fraction of sp³-hybridized carbons (Fsp3) is 0.600. The topological polar surface area (TPSA) is 12.0 Å². The lowest BCUT2D eigenvalue weighted by molar-refractivity contribution is -0.137. The summed E-state index contributed by atoms with van der Waals surface area (Å²) in [7, 11) is 0. The summed E-state index contributed by atoms with van der Waals surface area (Å²) in [5.74, 6) is 0. The second kappa shape index (κ2) is 5.43. The van der Waals surface area contributed by atoms with Crippen LogP contribution in [-0.2, 0) is 6.18 Å². The van der Waals surface area contributed by atoms with E-state index in [4.69, 9.17) is 0 Å². The molecule has 1 aliphatic rings. The zero-order valence-corrected chi connectivity index (χ0v) is 11.2. The van der Waals surface area contributed by atoms with E-state index in [-0.39, 0.29) is 0 Å². The van der Waals surface area contributed by atoms with Crippen LogP contribution < -0.4 is 5.32 Å². The molecule has 0 heterocycles. The summed E-state index contributed by atoms with van der Waals surface area (Å²) < 4.78 is 37.3. The van der Waals surface area contributed by atoms with Crippen LogP contribution in [0.4, 0.5) is 18.9 Å². The van der Waals surface area contributed by atoms with E-state index in [2.05, 4.69) is 12.2 Å². The first-order valence-corrected chi connectivity index (χ1v) is 6.86. The van der Waals surface area contributed by atoms with E-state index in [9.17, 15) is 13.2 Å². The molecule has 0 bridgehead atoms. The first-order chi connectivity index (χ1) is 8.95. The highest BCUT2D eigenvalue weighted by Gasteiger charge is 2.32. The summed E-state index contributed by atoms with van der Waals surface area (Å²) in [6.07, 6.45) is 1.84. The van der Waals surface area contributed by atoms with Gasteiger partial charge in [0, 0.05) is 12.2 Å². The smallest absolute Gasteiger partial charge is 0.384 e. The Morgan fingerprint density at radius 3 is 2.16 bits per heavy atom. The van der Waals surface area contributed by atoms with Crippen molar-refractivity contribution in [1.82, 2.24) is 0 Å². The van der Waals surface area contributed by atoms with Gasteiger partial charge in [-0.15, -0.1) is 0 Å². The Bertz CT molecular complexity index is 402. The summed E-state index contributed by atoms with van der Waals surface area (Å²) in [5, 5.41) is 3.29. The van der Waals surface area contributed by atoms with Crippen LogP contribution in [0.1, 0.15) is 44.6 Å². The molecule has 4 heteroatoms. The Labute approximate surface area is 112 Å². The van der Waals surface area contributed by atoms with Gasteiger partial charge in [0.25, 0.3) is 0 Å². The van der Waals surface area contributed by atoms with Crippen molar-refractivity contribution in [3.05, 3.63) is 29.8 Å². The number of benzene rings is 1. The Hall–Kier alpha value is -1.19. The van der Waals surface area contributed by atoms with Crippen LogP contribution >= 0.6 is 0 Å². The molecule has 1 nitrogen and oxygen atoms in total. The fourth-order valence-electron chi connectivity index (χ4n) is 2.85. The van der Waals surface area contributed by atoms with Crippen molar-refractivity contribution in [2.24, 2.45) is 5.41 Å². The SMILES string of the molecule is CCC1(CNc2ccc(C(F)(F)F)cc2)CCCC1. The van der Waals surface area contributed by atoms with Gasteiger partial charge in [-0.25, -0.2) is 0 Å². The number of hydrogen-bond donors (Lipinski definition) is 1. The van der Waals surface area contributed by atoms with Gasteiger partial charge in [-0.05, 0) is 48.9 Å². The van der Waals surface area contributed by atoms with Gasteiger partial charge >= 0.3 is 6.18 Å². The van der Waals surface area contributed by atoms with E-state index in [1.165, 1.54) is 37.8 Å². The van der Waals surface area contributed by atoms with Crippen LogP contribution in [-0.4, -0.2) is 6.54 Å². The minimum Gasteiger partial charge on any atom is -0.384 e. The number of anilines is 1. The molecule has 1 aromatic carbocycles. The zero-order chi connectivity index (χ0) is 13.9. The van der Waals surface area contributed by atoms with Crippen molar-refractivity contribution in [3.63, 3.8) is 0 Å². The largest absolute Gasteiger partial charge is 0.416 e. The van der Waals surface area contributed by atoms with Gasteiger partial charge in [-0.2, -0.15) is 13.2 Å². The lowest BCUT2D eigenvalue weighted by atomic mass is 9.83. The first kappa shape index (κ1) is 14.2. The zero-order valence-electron chi connectivity index (χ0n) is 11.2. The van der Waals surface area contributed by atoms with E-state index in [1.807, 2.05) is 0 Å². The van der Waals surface area contributed by atoms with Crippen LogP contribution in [0.15, 0.2) is 24.3 Å². The van der Waals surface area contributed by atoms with Crippen LogP contribution in [0.2, 0.25) is 0 Å². The van der Waals surface area contributed by atoms with Gasteiger partial charge in [0.15, 0.2) is 0 Å². The highest BCUT2D eigenvalue weighted by Crippen LogP contribution is 2.41. The average Bonchev–Trinajstić information content (AvgIpc) is 2.85. The second-order valence-electron chi connectivity index (χ2n) is 5.49. The lowest BCUT2D eigenvalue weighted by Crippen LogP contribution is -2.25. The molecule has 1 fully saturated rings. The normalized spacial score (nSPS) is 18.5. The molecule has 0 saturated heterocycles. The summed E-state index contributed by atoms with van der Waals surface area (Å²) in [6, 6.07) is 5.30. The highest BCUT2D eigenvalue weighted by atomic mass is 19.4. The Kier molecular flexibility index (Phi) is 4.07. The molecule has 1 N–H and O–H groups in total. The minimum atomic E-state index is -4.26. The molecule has 1 aromatic rings. The van der Waals surface area contributed by atoms with Gasteiger partial charge in [-0.3, -0.25) is 0 Å². The van der Waals surface area contributed by atoms with Crippen LogP contribution in [0.3, 0.4) is 0 Å². The van der Waals surface area contributed by atoms with Crippen LogP contribution in [0.25, 0.3) is 0 Å². The summed E-state index contributed by atoms with van der Waals surface area (Å²) in [5.41, 5.74) is 0.514. The van der Waals surface area contributed by atoms with Gasteiger partial charge in [0.2, 0.25) is 0 Å². The molecule has 0 unspecified atom stereocenters. The number of halogens is 3. The molecule has 19 heavy (non-hydrogen) atoms. The maximum absolute atomic E-state index is 12.4. The van der Waals surface area contributed by atoms with Gasteiger partial charge in [-0.1, -0.05) is 19.8 Å². The van der Waals surface area contributed by atoms with Crippen molar-refractivity contribution in [2.75, 3.05) is 11.9 Å². The molecular weight excluding hydrogens is 251 g/mol. The monoisotopic (exact) mass is 271 g/mol. The van der Waals surface area contributed by atoms with E-state index in [0.717, 1.165) is 30.8 Å². The summed E-state index contributed by atoms with van der Waals surface area (Å²) >= 11 is 0. The second-order valence-corrected chi connectivity index (χ2v) is 5.49. The minimum absolute atomic E-state index is 0.336. The third kappa shape index (κ3) is 3.43. The summed E-state index contributed by atoms with van der Waals surface area (Å²) in [4.78, 5) is 0. The predicted octanol–water partition coefficient (Wildman–Crippen LogP) is 5.09. The van der Waals surface area contributed by atoms with Crippen molar-refractivity contribution in [2.45, 2.75) is 45.2 Å². The van der Waals surface area contributed by atoms with E-state index >= 15 is 0 Å². The van der Waals surface area contributed by atoms with Crippen LogP contribution in [0, 0.1) is 5.41 Å². The lowest BCUT2D eigenvalue weighted by Gasteiger charge is -2.28. The third-order valence-corrected chi connectivity index (χ3v) is 4.29. The molecule has 2 rings (SSSR count). The molecule has 0 aromatic heterocycles. The molecule has 0 radical (unpaired) electrons. The van der Waals surface area contributed by atoms with Crippen LogP contribution in [0.5, 0.6) is 0 Å². The maximum atomic E-state index is 12.4. The van der Waals surface area contributed by atoms with Crippen molar-refractivity contribution in [3.8, 4) is 0 Å². The molecule has 1 aliphatic carbocycles. The van der Waals surface area contributed by atoms with E-state index < -0.39 is 11.7 Å². The predicted molar refractivity (Wildman–Crippen MR) is 71.1 cm³/mol. The molecule has 0 atom stereocenters. The third-order valence-electron chi connectivity index (χ3n) is 4.29. The Morgan fingerprint density at radius 1 is 1.11 bits per heavy atom. The Balaban J connectivity index is 1.96. The van der Waals surface area contributed by atoms with Gasteiger partial charge in [0.1, 0.15) is 0 Å². The van der Waals surface area contributed by atoms with E-state index in [0.29, 0.717) is 5.41 Å². The Morgan fingerprint density at radius 2 is 1.68 bits per heavy atom. The number of hydrogen-bond acceptors (Lipinski definition) is 1. The fourth-order valence-corrected chi connectivity index (χ4v) is 2.85. The van der Waals surface area contributed by atoms with Crippen molar-refractivity contribution in [1.29, 1.82) is 0 Å². The molecule has 106 valence electrons. The molecule has 1 saturated carbocycles. The molecular formula is C15H20F3N. The summed E-state index contributed by atoms with van der Waals surface area (Å²) in [6.45, 7) is 3.05.